The summed E-state index contributed by atoms with van der Waals surface area (Å²) >= 11 is 1.71. The lowest BCUT2D eigenvalue weighted by molar-refractivity contribution is 0.684. The Hall–Kier alpha value is -0.540. The molecular formula is C11H16N2S. The van der Waals surface area contributed by atoms with Crippen LogP contribution in [0.5, 0.6) is 0 Å². The van der Waals surface area contributed by atoms with Crippen LogP contribution in [0.4, 0.5) is 0 Å². The summed E-state index contributed by atoms with van der Waals surface area (Å²) in [5, 5.41) is 4.63. The van der Waals surface area contributed by atoms with Crippen molar-refractivity contribution in [3.05, 3.63) is 23.4 Å². The molecule has 0 spiro atoms. The minimum atomic E-state index is 0.774. The SMILES string of the molecule is CSc1ncc(CNC2CC2)cc1C. The molecule has 0 atom stereocenters. The standard InChI is InChI=1S/C11H16N2S/c1-8-5-9(6-12-10-3-4-10)7-13-11(8)14-2/h5,7,10,12H,3-4,6H2,1-2H3. The highest BCUT2D eigenvalue weighted by Crippen LogP contribution is 2.20. The van der Waals surface area contributed by atoms with Gasteiger partial charge in [-0.2, -0.15) is 0 Å². The average molecular weight is 208 g/mol. The zero-order valence-electron chi connectivity index (χ0n) is 8.71. The summed E-state index contributed by atoms with van der Waals surface area (Å²) in [7, 11) is 0. The first kappa shape index (κ1) is 9.99. The van der Waals surface area contributed by atoms with E-state index in [9.17, 15) is 0 Å². The minimum Gasteiger partial charge on any atom is -0.310 e. The van der Waals surface area contributed by atoms with Gasteiger partial charge in [0.05, 0.1) is 5.03 Å². The minimum absolute atomic E-state index is 0.774. The summed E-state index contributed by atoms with van der Waals surface area (Å²) in [4.78, 5) is 4.42. The lowest BCUT2D eigenvalue weighted by Crippen LogP contribution is -2.15. The second-order valence-corrected chi connectivity index (χ2v) is 4.62. The Labute approximate surface area is 89.5 Å². The van der Waals surface area contributed by atoms with Crippen molar-refractivity contribution >= 4 is 11.8 Å². The molecule has 0 amide bonds. The van der Waals surface area contributed by atoms with Gasteiger partial charge in [0.2, 0.25) is 0 Å². The van der Waals surface area contributed by atoms with Crippen LogP contribution in [0.1, 0.15) is 24.0 Å². The number of rotatable bonds is 4. The molecule has 1 fully saturated rings. The maximum Gasteiger partial charge on any atom is 0.0986 e. The van der Waals surface area contributed by atoms with Gasteiger partial charge in [-0.15, -0.1) is 11.8 Å². The summed E-state index contributed by atoms with van der Waals surface area (Å²) in [6.07, 6.45) is 6.73. The molecule has 1 aliphatic carbocycles. The fourth-order valence-electron chi connectivity index (χ4n) is 1.48. The van der Waals surface area contributed by atoms with Gasteiger partial charge in [0.1, 0.15) is 0 Å². The highest BCUT2D eigenvalue weighted by atomic mass is 32.2. The second-order valence-electron chi connectivity index (χ2n) is 3.82. The Morgan fingerprint density at radius 2 is 2.36 bits per heavy atom. The lowest BCUT2D eigenvalue weighted by Gasteiger charge is -2.06. The molecule has 1 heterocycles. The molecule has 1 aromatic heterocycles. The van der Waals surface area contributed by atoms with Crippen LogP contribution in [0, 0.1) is 6.92 Å². The van der Waals surface area contributed by atoms with Gasteiger partial charge in [-0.1, -0.05) is 6.07 Å². The summed E-state index contributed by atoms with van der Waals surface area (Å²) < 4.78 is 0. The first-order valence-electron chi connectivity index (χ1n) is 5.02. The number of nitrogens with one attached hydrogen (secondary N) is 1. The molecule has 0 saturated heterocycles. The average Bonchev–Trinajstić information content (AvgIpc) is 2.98. The number of aryl methyl sites for hydroxylation is 1. The maximum absolute atomic E-state index is 4.42. The first-order chi connectivity index (χ1) is 6.79. The third-order valence-corrected chi connectivity index (χ3v) is 3.27. The van der Waals surface area contributed by atoms with E-state index in [0.29, 0.717) is 0 Å². The van der Waals surface area contributed by atoms with E-state index in [1.807, 2.05) is 6.20 Å². The number of nitrogens with zero attached hydrogens (tertiary/aromatic N) is 1. The van der Waals surface area contributed by atoms with Crippen LogP contribution < -0.4 is 5.32 Å². The molecule has 1 N–H and O–H groups in total. The van der Waals surface area contributed by atoms with Gasteiger partial charge >= 0.3 is 0 Å². The van der Waals surface area contributed by atoms with Gasteiger partial charge in [0.25, 0.3) is 0 Å². The van der Waals surface area contributed by atoms with E-state index in [4.69, 9.17) is 0 Å². The number of pyridine rings is 1. The Kier molecular flexibility index (Phi) is 3.08. The highest BCUT2D eigenvalue weighted by molar-refractivity contribution is 7.98. The topological polar surface area (TPSA) is 24.9 Å². The smallest absolute Gasteiger partial charge is 0.0986 e. The van der Waals surface area contributed by atoms with Gasteiger partial charge in [0, 0.05) is 18.8 Å². The molecule has 1 aliphatic rings. The molecule has 1 aromatic rings. The molecule has 14 heavy (non-hydrogen) atoms. The van der Waals surface area contributed by atoms with Crippen molar-refractivity contribution in [3.63, 3.8) is 0 Å². The molecule has 0 aromatic carbocycles. The van der Waals surface area contributed by atoms with Gasteiger partial charge in [-0.25, -0.2) is 4.98 Å². The third kappa shape index (κ3) is 2.49. The molecule has 0 radical (unpaired) electrons. The quantitative estimate of drug-likeness (QED) is 0.769. The number of thioether (sulfide) groups is 1. The van der Waals surface area contributed by atoms with Crippen LogP contribution in [0.3, 0.4) is 0 Å². The summed E-state index contributed by atoms with van der Waals surface area (Å²) in [5.41, 5.74) is 2.58. The summed E-state index contributed by atoms with van der Waals surface area (Å²) in [6.45, 7) is 3.09. The molecule has 0 bridgehead atoms. The van der Waals surface area contributed by atoms with Crippen molar-refractivity contribution in [1.29, 1.82) is 0 Å². The summed E-state index contributed by atoms with van der Waals surface area (Å²) in [5.74, 6) is 0. The van der Waals surface area contributed by atoms with Crippen LogP contribution in [0.2, 0.25) is 0 Å². The van der Waals surface area contributed by atoms with Crippen molar-refractivity contribution in [2.75, 3.05) is 6.26 Å². The normalized spacial score (nSPS) is 15.9. The molecule has 2 nitrogen and oxygen atoms in total. The number of hydrogen-bond acceptors (Lipinski definition) is 3. The molecular weight excluding hydrogens is 192 g/mol. The summed E-state index contributed by atoms with van der Waals surface area (Å²) in [6, 6.07) is 3.00. The number of hydrogen-bond donors (Lipinski definition) is 1. The third-order valence-electron chi connectivity index (χ3n) is 2.45. The van der Waals surface area contributed by atoms with E-state index in [0.717, 1.165) is 17.6 Å². The van der Waals surface area contributed by atoms with Gasteiger partial charge in [0.15, 0.2) is 0 Å². The Morgan fingerprint density at radius 1 is 1.57 bits per heavy atom. The zero-order valence-corrected chi connectivity index (χ0v) is 9.53. The van der Waals surface area contributed by atoms with Crippen molar-refractivity contribution in [2.45, 2.75) is 37.4 Å². The molecule has 2 rings (SSSR count). The van der Waals surface area contributed by atoms with Crippen LogP contribution in [-0.2, 0) is 6.54 Å². The largest absolute Gasteiger partial charge is 0.310 e. The van der Waals surface area contributed by atoms with Crippen LogP contribution in [0.15, 0.2) is 17.3 Å². The van der Waals surface area contributed by atoms with Crippen molar-refractivity contribution in [2.24, 2.45) is 0 Å². The van der Waals surface area contributed by atoms with E-state index in [1.165, 1.54) is 24.0 Å². The van der Waals surface area contributed by atoms with E-state index in [-0.39, 0.29) is 0 Å². The van der Waals surface area contributed by atoms with E-state index in [2.05, 4.69) is 29.5 Å². The van der Waals surface area contributed by atoms with E-state index < -0.39 is 0 Å². The highest BCUT2D eigenvalue weighted by Gasteiger charge is 2.19. The molecule has 76 valence electrons. The Bertz CT molecular complexity index is 321. The first-order valence-corrected chi connectivity index (χ1v) is 6.25. The van der Waals surface area contributed by atoms with E-state index in [1.54, 1.807) is 11.8 Å². The van der Waals surface area contributed by atoms with E-state index >= 15 is 0 Å². The molecule has 0 unspecified atom stereocenters. The predicted octanol–water partition coefficient (Wildman–Crippen LogP) is 2.36. The molecule has 3 heteroatoms. The van der Waals surface area contributed by atoms with Crippen molar-refractivity contribution < 1.29 is 0 Å². The number of aromatic nitrogens is 1. The lowest BCUT2D eigenvalue weighted by atomic mass is 10.2. The predicted molar refractivity (Wildman–Crippen MR) is 60.6 cm³/mol. The maximum atomic E-state index is 4.42. The van der Waals surface area contributed by atoms with Crippen LogP contribution in [0.25, 0.3) is 0 Å². The van der Waals surface area contributed by atoms with Gasteiger partial charge in [-0.3, -0.25) is 0 Å². The monoisotopic (exact) mass is 208 g/mol. The van der Waals surface area contributed by atoms with Crippen LogP contribution in [-0.4, -0.2) is 17.3 Å². The fraction of sp³-hybridized carbons (Fsp3) is 0.545. The Balaban J connectivity index is 1.99. The molecule has 1 saturated carbocycles. The van der Waals surface area contributed by atoms with Gasteiger partial charge < -0.3 is 5.32 Å². The van der Waals surface area contributed by atoms with Crippen molar-refractivity contribution in [3.8, 4) is 0 Å². The second kappa shape index (κ2) is 4.32. The zero-order chi connectivity index (χ0) is 9.97. The van der Waals surface area contributed by atoms with Crippen LogP contribution >= 0.6 is 11.8 Å². The fourth-order valence-corrected chi connectivity index (χ4v) is 2.02. The Morgan fingerprint density at radius 3 is 2.93 bits per heavy atom. The van der Waals surface area contributed by atoms with Gasteiger partial charge in [-0.05, 0) is 37.1 Å². The molecule has 0 aliphatic heterocycles. The van der Waals surface area contributed by atoms with Crippen molar-refractivity contribution in [1.82, 2.24) is 10.3 Å².